The van der Waals surface area contributed by atoms with Crippen molar-refractivity contribution in [1.82, 2.24) is 14.9 Å². The highest BCUT2D eigenvalue weighted by Crippen LogP contribution is 2.18. The number of carbonyl (C=O) groups excluding carboxylic acids is 1. The minimum absolute atomic E-state index is 0.0171. The van der Waals surface area contributed by atoms with Crippen molar-refractivity contribution in [1.29, 1.82) is 0 Å². The SMILES string of the molecule is CC(C)n1ccnc1S(=O)(=O)C(C)C(=O)NCC1CCCO1. The van der Waals surface area contributed by atoms with Crippen molar-refractivity contribution < 1.29 is 17.9 Å². The summed E-state index contributed by atoms with van der Waals surface area (Å²) in [7, 11) is -3.82. The maximum Gasteiger partial charge on any atom is 0.238 e. The van der Waals surface area contributed by atoms with Crippen LogP contribution in [0.15, 0.2) is 17.6 Å². The van der Waals surface area contributed by atoms with Gasteiger partial charge in [0.2, 0.25) is 20.9 Å². The van der Waals surface area contributed by atoms with Crippen LogP contribution in [0.5, 0.6) is 0 Å². The van der Waals surface area contributed by atoms with Crippen LogP contribution in [0.3, 0.4) is 0 Å². The Morgan fingerprint density at radius 1 is 1.50 bits per heavy atom. The molecule has 1 saturated heterocycles. The van der Waals surface area contributed by atoms with E-state index in [4.69, 9.17) is 4.74 Å². The van der Waals surface area contributed by atoms with Crippen LogP contribution in [0, 0.1) is 0 Å². The van der Waals surface area contributed by atoms with Crippen molar-refractivity contribution in [2.75, 3.05) is 13.2 Å². The van der Waals surface area contributed by atoms with E-state index in [0.29, 0.717) is 13.2 Å². The van der Waals surface area contributed by atoms with Gasteiger partial charge in [-0.15, -0.1) is 0 Å². The molecule has 0 saturated carbocycles. The Kier molecular flexibility index (Phi) is 5.23. The van der Waals surface area contributed by atoms with Gasteiger partial charge in [0, 0.05) is 31.6 Å². The van der Waals surface area contributed by atoms with Gasteiger partial charge in [0.1, 0.15) is 5.25 Å². The van der Waals surface area contributed by atoms with Crippen LogP contribution in [-0.4, -0.2) is 48.4 Å². The number of hydrogen-bond donors (Lipinski definition) is 1. The molecular weight excluding hydrogens is 306 g/mol. The first-order valence-corrected chi connectivity index (χ1v) is 9.04. The second-order valence-corrected chi connectivity index (χ2v) is 7.94. The van der Waals surface area contributed by atoms with Crippen LogP contribution in [0.2, 0.25) is 0 Å². The van der Waals surface area contributed by atoms with Gasteiger partial charge in [-0.25, -0.2) is 13.4 Å². The quantitative estimate of drug-likeness (QED) is 0.838. The molecular formula is C14H23N3O4S. The summed E-state index contributed by atoms with van der Waals surface area (Å²) in [5.41, 5.74) is 0. The number of amides is 1. The Labute approximate surface area is 131 Å². The summed E-state index contributed by atoms with van der Waals surface area (Å²) in [6.07, 6.45) is 4.88. The molecule has 0 spiro atoms. The van der Waals surface area contributed by atoms with Crippen molar-refractivity contribution in [3.63, 3.8) is 0 Å². The number of ether oxygens (including phenoxy) is 1. The van der Waals surface area contributed by atoms with Crippen LogP contribution in [0.25, 0.3) is 0 Å². The zero-order valence-corrected chi connectivity index (χ0v) is 14.0. The number of rotatable bonds is 6. The van der Waals surface area contributed by atoms with Crippen molar-refractivity contribution >= 4 is 15.7 Å². The first-order valence-electron chi connectivity index (χ1n) is 7.50. The number of hydrogen-bond acceptors (Lipinski definition) is 5. The highest BCUT2D eigenvalue weighted by Gasteiger charge is 2.34. The monoisotopic (exact) mass is 329 g/mol. The lowest BCUT2D eigenvalue weighted by molar-refractivity contribution is -0.120. The summed E-state index contributed by atoms with van der Waals surface area (Å²) in [6.45, 7) is 6.16. The van der Waals surface area contributed by atoms with E-state index >= 15 is 0 Å². The molecule has 2 heterocycles. The third-order valence-corrected chi connectivity index (χ3v) is 5.78. The molecule has 7 nitrogen and oxygen atoms in total. The maximum atomic E-state index is 12.6. The van der Waals surface area contributed by atoms with Gasteiger partial charge in [0.05, 0.1) is 6.10 Å². The molecule has 2 rings (SSSR count). The van der Waals surface area contributed by atoms with Crippen LogP contribution >= 0.6 is 0 Å². The lowest BCUT2D eigenvalue weighted by Gasteiger charge is -2.17. The molecule has 8 heteroatoms. The lowest BCUT2D eigenvalue weighted by Crippen LogP contribution is -2.41. The Morgan fingerprint density at radius 2 is 2.23 bits per heavy atom. The predicted molar refractivity (Wildman–Crippen MR) is 81.2 cm³/mol. The summed E-state index contributed by atoms with van der Waals surface area (Å²) in [5, 5.41) is 1.41. The van der Waals surface area contributed by atoms with Gasteiger partial charge in [-0.1, -0.05) is 0 Å². The van der Waals surface area contributed by atoms with Gasteiger partial charge < -0.3 is 14.6 Å². The van der Waals surface area contributed by atoms with Crippen molar-refractivity contribution in [2.45, 2.75) is 56.2 Å². The second kappa shape index (κ2) is 6.78. The van der Waals surface area contributed by atoms with Gasteiger partial charge in [0.25, 0.3) is 0 Å². The fraction of sp³-hybridized carbons (Fsp3) is 0.714. The number of nitrogens with one attached hydrogen (secondary N) is 1. The Bertz CT molecular complexity index is 618. The largest absolute Gasteiger partial charge is 0.376 e. The number of nitrogens with zero attached hydrogens (tertiary/aromatic N) is 2. The molecule has 0 bridgehead atoms. The average molecular weight is 329 g/mol. The Balaban J connectivity index is 2.07. The van der Waals surface area contributed by atoms with E-state index in [-0.39, 0.29) is 17.3 Å². The number of imidazole rings is 1. The highest BCUT2D eigenvalue weighted by atomic mass is 32.2. The summed E-state index contributed by atoms with van der Waals surface area (Å²) in [4.78, 5) is 16.1. The molecule has 1 aromatic rings. The minimum Gasteiger partial charge on any atom is -0.376 e. The summed E-state index contributed by atoms with van der Waals surface area (Å²) < 4.78 is 32.1. The molecule has 1 amide bonds. The van der Waals surface area contributed by atoms with Crippen LogP contribution in [0.4, 0.5) is 0 Å². The molecule has 1 aliphatic rings. The minimum atomic E-state index is -3.82. The van der Waals surface area contributed by atoms with E-state index in [1.165, 1.54) is 13.1 Å². The second-order valence-electron chi connectivity index (χ2n) is 5.78. The molecule has 0 aromatic carbocycles. The standard InChI is InChI=1S/C14H23N3O4S/c1-10(2)17-7-6-15-14(17)22(19,20)11(3)13(18)16-9-12-5-4-8-21-12/h6-7,10-12H,4-5,8-9H2,1-3H3,(H,16,18). The van der Waals surface area contributed by atoms with E-state index in [0.717, 1.165) is 12.8 Å². The molecule has 1 aliphatic heterocycles. The van der Waals surface area contributed by atoms with Gasteiger partial charge in [-0.3, -0.25) is 4.79 Å². The van der Waals surface area contributed by atoms with E-state index in [1.54, 1.807) is 10.8 Å². The van der Waals surface area contributed by atoms with E-state index in [1.807, 2.05) is 13.8 Å². The zero-order chi connectivity index (χ0) is 16.3. The molecule has 2 unspecified atom stereocenters. The molecule has 124 valence electrons. The van der Waals surface area contributed by atoms with Gasteiger partial charge >= 0.3 is 0 Å². The van der Waals surface area contributed by atoms with Crippen molar-refractivity contribution in [3.8, 4) is 0 Å². The normalized spacial score (nSPS) is 20.3. The van der Waals surface area contributed by atoms with Crippen molar-refractivity contribution in [2.24, 2.45) is 0 Å². The molecule has 0 radical (unpaired) electrons. The molecule has 0 aliphatic carbocycles. The smallest absolute Gasteiger partial charge is 0.238 e. The van der Waals surface area contributed by atoms with Gasteiger partial charge in [-0.05, 0) is 33.6 Å². The topological polar surface area (TPSA) is 90.3 Å². The number of aromatic nitrogens is 2. The number of carbonyl (C=O) groups is 1. The zero-order valence-electron chi connectivity index (χ0n) is 13.2. The third kappa shape index (κ3) is 3.49. The molecule has 2 atom stereocenters. The molecule has 22 heavy (non-hydrogen) atoms. The Morgan fingerprint density at radius 3 is 2.82 bits per heavy atom. The first kappa shape index (κ1) is 17.0. The third-order valence-electron chi connectivity index (χ3n) is 3.81. The van der Waals surface area contributed by atoms with Gasteiger partial charge in [-0.2, -0.15) is 0 Å². The van der Waals surface area contributed by atoms with Gasteiger partial charge in [0.15, 0.2) is 0 Å². The van der Waals surface area contributed by atoms with E-state index < -0.39 is 21.0 Å². The first-order chi connectivity index (χ1) is 10.3. The highest BCUT2D eigenvalue weighted by molar-refractivity contribution is 7.92. The fourth-order valence-corrected chi connectivity index (χ4v) is 3.83. The number of sulfone groups is 1. The van der Waals surface area contributed by atoms with E-state index in [9.17, 15) is 13.2 Å². The van der Waals surface area contributed by atoms with Crippen LogP contribution < -0.4 is 5.32 Å². The predicted octanol–water partition coefficient (Wildman–Crippen LogP) is 0.921. The summed E-state index contributed by atoms with van der Waals surface area (Å²) in [5.74, 6) is -0.520. The van der Waals surface area contributed by atoms with Crippen LogP contribution in [0.1, 0.15) is 39.7 Å². The average Bonchev–Trinajstić information content (AvgIpc) is 3.14. The van der Waals surface area contributed by atoms with E-state index in [2.05, 4.69) is 10.3 Å². The van der Waals surface area contributed by atoms with Crippen LogP contribution in [-0.2, 0) is 19.4 Å². The Hall–Kier alpha value is -1.41. The molecule has 1 fully saturated rings. The van der Waals surface area contributed by atoms with Crippen molar-refractivity contribution in [3.05, 3.63) is 12.4 Å². The molecule has 1 aromatic heterocycles. The fourth-order valence-electron chi connectivity index (χ4n) is 2.38. The lowest BCUT2D eigenvalue weighted by atomic mass is 10.2. The summed E-state index contributed by atoms with van der Waals surface area (Å²) >= 11 is 0. The summed E-state index contributed by atoms with van der Waals surface area (Å²) in [6, 6.07) is -0.0468. The maximum absolute atomic E-state index is 12.6. The molecule has 1 N–H and O–H groups in total.